The van der Waals surface area contributed by atoms with Crippen LogP contribution < -0.4 is 0 Å². The predicted molar refractivity (Wildman–Crippen MR) is 57.7 cm³/mol. The van der Waals surface area contributed by atoms with Crippen molar-refractivity contribution >= 4 is 17.3 Å². The molecule has 0 saturated carbocycles. The maximum Gasteiger partial charge on any atom is 0.270 e. The van der Waals surface area contributed by atoms with Crippen molar-refractivity contribution in [3.05, 3.63) is 39.4 Å². The topological polar surface area (TPSA) is 46.4 Å². The van der Waals surface area contributed by atoms with E-state index in [1.54, 1.807) is 12.1 Å². The van der Waals surface area contributed by atoms with E-state index in [0.717, 1.165) is 0 Å². The first kappa shape index (κ1) is 12.9. The number of benzene rings is 1. The number of hydrogen-bond donors (Lipinski definition) is 0. The van der Waals surface area contributed by atoms with E-state index >= 15 is 0 Å². The lowest BCUT2D eigenvalue weighted by Gasteiger charge is -1.90. The molecule has 5 heteroatoms. The van der Waals surface area contributed by atoms with Gasteiger partial charge in [0.25, 0.3) is 5.69 Å². The van der Waals surface area contributed by atoms with Gasteiger partial charge in [0.15, 0.2) is 0 Å². The van der Waals surface area contributed by atoms with Crippen LogP contribution in [0.25, 0.3) is 0 Å². The van der Waals surface area contributed by atoms with Gasteiger partial charge in [0, 0.05) is 17.2 Å². The third kappa shape index (κ3) is 6.39. The number of rotatable bonds is 1. The zero-order chi connectivity index (χ0) is 11.1. The summed E-state index contributed by atoms with van der Waals surface area (Å²) in [6.07, 6.45) is 0. The fourth-order valence-corrected chi connectivity index (χ4v) is 0.774. The molecule has 0 unspecified atom stereocenters. The predicted octanol–water partition coefficient (Wildman–Crippen LogP) is 2.43. The highest BCUT2D eigenvalue weighted by Gasteiger charge is 2.02. The fourth-order valence-electron chi connectivity index (χ4n) is 0.590. The van der Waals surface area contributed by atoms with Gasteiger partial charge in [0.2, 0.25) is 0 Å². The minimum atomic E-state index is -0.480. The standard InChI is InChI=1S/C6H4ClNO2.C3H9N/c7-5-2-1-3-6(4-5)8(9)10;1-4(2)3/h1-4H;1-3H3. The summed E-state index contributed by atoms with van der Waals surface area (Å²) >= 11 is 5.48. The maximum absolute atomic E-state index is 10.1. The highest BCUT2D eigenvalue weighted by Crippen LogP contribution is 2.16. The van der Waals surface area contributed by atoms with Crippen LogP contribution in [0, 0.1) is 10.1 Å². The van der Waals surface area contributed by atoms with Crippen LogP contribution >= 0.6 is 11.6 Å². The maximum atomic E-state index is 10.1. The number of nitrogens with zero attached hydrogens (tertiary/aromatic N) is 2. The molecule has 0 aromatic heterocycles. The molecule has 1 aromatic carbocycles. The molecule has 0 aliphatic rings. The highest BCUT2D eigenvalue weighted by atomic mass is 35.5. The zero-order valence-corrected chi connectivity index (χ0v) is 9.15. The van der Waals surface area contributed by atoms with Crippen molar-refractivity contribution in [1.29, 1.82) is 0 Å². The smallest absolute Gasteiger partial charge is 0.270 e. The molecule has 0 aliphatic carbocycles. The van der Waals surface area contributed by atoms with Gasteiger partial charge in [-0.25, -0.2) is 0 Å². The molecule has 0 amide bonds. The molecule has 0 saturated heterocycles. The number of halogens is 1. The van der Waals surface area contributed by atoms with Crippen molar-refractivity contribution in [3.8, 4) is 0 Å². The lowest BCUT2D eigenvalue weighted by atomic mass is 10.3. The van der Waals surface area contributed by atoms with Crippen LogP contribution in [0.15, 0.2) is 24.3 Å². The first-order chi connectivity index (χ1) is 6.43. The zero-order valence-electron chi connectivity index (χ0n) is 8.40. The van der Waals surface area contributed by atoms with Crippen molar-refractivity contribution < 1.29 is 4.92 Å². The Morgan fingerprint density at radius 3 is 2.14 bits per heavy atom. The number of nitro groups is 1. The second kappa shape index (κ2) is 6.34. The third-order valence-corrected chi connectivity index (χ3v) is 1.25. The summed E-state index contributed by atoms with van der Waals surface area (Å²) in [5.74, 6) is 0. The van der Waals surface area contributed by atoms with Gasteiger partial charge in [0.05, 0.1) is 4.92 Å². The van der Waals surface area contributed by atoms with Crippen LogP contribution in [0.5, 0.6) is 0 Å². The molecule has 0 aliphatic heterocycles. The number of nitro benzene ring substituents is 1. The average molecular weight is 217 g/mol. The van der Waals surface area contributed by atoms with Gasteiger partial charge >= 0.3 is 0 Å². The molecule has 0 N–H and O–H groups in total. The van der Waals surface area contributed by atoms with Crippen molar-refractivity contribution in [2.45, 2.75) is 0 Å². The summed E-state index contributed by atoms with van der Waals surface area (Å²) in [5, 5.41) is 10.5. The normalized spacial score (nSPS) is 9.21. The van der Waals surface area contributed by atoms with E-state index in [0.29, 0.717) is 5.02 Å². The van der Waals surface area contributed by atoms with Crippen LogP contribution in [0.1, 0.15) is 0 Å². The van der Waals surface area contributed by atoms with Crippen LogP contribution in [0.4, 0.5) is 5.69 Å². The summed E-state index contributed by atoms with van der Waals surface area (Å²) in [7, 11) is 6.00. The Kier molecular flexibility index (Phi) is 5.83. The minimum absolute atomic E-state index is 0.0208. The van der Waals surface area contributed by atoms with Gasteiger partial charge in [0.1, 0.15) is 0 Å². The Balaban J connectivity index is 0.000000364. The first-order valence-corrected chi connectivity index (χ1v) is 4.32. The average Bonchev–Trinajstić information content (AvgIpc) is 2.03. The van der Waals surface area contributed by atoms with E-state index < -0.39 is 4.92 Å². The summed E-state index contributed by atoms with van der Waals surface area (Å²) < 4.78 is 0. The van der Waals surface area contributed by atoms with Gasteiger partial charge in [-0.15, -0.1) is 0 Å². The van der Waals surface area contributed by atoms with Gasteiger partial charge < -0.3 is 4.90 Å². The molecule has 0 heterocycles. The summed E-state index contributed by atoms with van der Waals surface area (Å²) in [6.45, 7) is 0. The second-order valence-electron chi connectivity index (χ2n) is 3.08. The highest BCUT2D eigenvalue weighted by molar-refractivity contribution is 6.30. The van der Waals surface area contributed by atoms with Crippen LogP contribution in [0.2, 0.25) is 5.02 Å². The van der Waals surface area contributed by atoms with E-state index in [2.05, 4.69) is 0 Å². The van der Waals surface area contributed by atoms with Crippen molar-refractivity contribution in [2.75, 3.05) is 21.1 Å². The molecule has 0 radical (unpaired) electrons. The lowest BCUT2D eigenvalue weighted by molar-refractivity contribution is -0.384. The molecular formula is C9H13ClN2O2. The summed E-state index contributed by atoms with van der Waals surface area (Å²) in [6, 6.07) is 5.84. The van der Waals surface area contributed by atoms with Crippen LogP contribution in [-0.2, 0) is 0 Å². The quantitative estimate of drug-likeness (QED) is 0.535. The lowest BCUT2D eigenvalue weighted by Crippen LogP contribution is -1.99. The van der Waals surface area contributed by atoms with Crippen LogP contribution in [-0.4, -0.2) is 31.0 Å². The first-order valence-electron chi connectivity index (χ1n) is 3.94. The molecular weight excluding hydrogens is 204 g/mol. The Bertz CT molecular complexity index is 300. The molecule has 0 atom stereocenters. The summed E-state index contributed by atoms with van der Waals surface area (Å²) in [4.78, 5) is 11.6. The molecule has 0 spiro atoms. The van der Waals surface area contributed by atoms with E-state index in [1.165, 1.54) is 12.1 Å². The largest absolute Gasteiger partial charge is 0.312 e. The van der Waals surface area contributed by atoms with Crippen molar-refractivity contribution in [2.24, 2.45) is 0 Å². The van der Waals surface area contributed by atoms with Gasteiger partial charge in [-0.3, -0.25) is 10.1 Å². The number of hydrogen-bond acceptors (Lipinski definition) is 3. The monoisotopic (exact) mass is 216 g/mol. The van der Waals surface area contributed by atoms with Crippen molar-refractivity contribution in [1.82, 2.24) is 4.90 Å². The van der Waals surface area contributed by atoms with Gasteiger partial charge in [-0.05, 0) is 27.2 Å². The van der Waals surface area contributed by atoms with Gasteiger partial charge in [-0.1, -0.05) is 17.7 Å². The second-order valence-corrected chi connectivity index (χ2v) is 3.52. The summed E-state index contributed by atoms with van der Waals surface area (Å²) in [5.41, 5.74) is 0.0208. The van der Waals surface area contributed by atoms with E-state index in [9.17, 15) is 10.1 Å². The van der Waals surface area contributed by atoms with E-state index in [-0.39, 0.29) is 5.69 Å². The molecule has 1 aromatic rings. The van der Waals surface area contributed by atoms with Crippen LogP contribution in [0.3, 0.4) is 0 Å². The SMILES string of the molecule is CN(C)C.O=[N+]([O-])c1cccc(Cl)c1. The molecule has 14 heavy (non-hydrogen) atoms. The third-order valence-electron chi connectivity index (χ3n) is 1.02. The Labute approximate surface area is 88.2 Å². The molecule has 78 valence electrons. The van der Waals surface area contributed by atoms with E-state index in [4.69, 9.17) is 11.6 Å². The molecule has 1 rings (SSSR count). The Morgan fingerprint density at radius 1 is 1.36 bits per heavy atom. The van der Waals surface area contributed by atoms with Gasteiger partial charge in [-0.2, -0.15) is 0 Å². The Morgan fingerprint density at radius 2 is 1.86 bits per heavy atom. The number of non-ortho nitro benzene ring substituents is 1. The molecule has 0 bridgehead atoms. The minimum Gasteiger partial charge on any atom is -0.312 e. The fraction of sp³-hybridized carbons (Fsp3) is 0.333. The molecule has 0 fully saturated rings. The molecule has 4 nitrogen and oxygen atoms in total. The Hall–Kier alpha value is -1.13. The van der Waals surface area contributed by atoms with E-state index in [1.807, 2.05) is 26.0 Å². The van der Waals surface area contributed by atoms with Crippen molar-refractivity contribution in [3.63, 3.8) is 0 Å².